The van der Waals surface area contributed by atoms with Crippen LogP contribution in [0.25, 0.3) is 0 Å². The minimum Gasteiger partial charge on any atom is -0.337 e. The predicted octanol–water partition coefficient (Wildman–Crippen LogP) is 0.668. The van der Waals surface area contributed by atoms with Crippen LogP contribution in [0.5, 0.6) is 0 Å². The maximum absolute atomic E-state index is 11.8. The van der Waals surface area contributed by atoms with Gasteiger partial charge in [0.25, 0.3) is 0 Å². The lowest BCUT2D eigenvalue weighted by Crippen LogP contribution is -2.47. The Kier molecular flexibility index (Phi) is 5.77. The topological polar surface area (TPSA) is 49.6 Å². The fraction of sp³-hybridized carbons (Fsp3) is 0.917. The van der Waals surface area contributed by atoms with Crippen LogP contribution < -0.4 is 5.73 Å². The lowest BCUT2D eigenvalue weighted by Gasteiger charge is -2.35. The van der Waals surface area contributed by atoms with E-state index in [0.29, 0.717) is 6.04 Å². The Morgan fingerprint density at radius 2 is 1.81 bits per heavy atom. The van der Waals surface area contributed by atoms with E-state index in [1.54, 1.807) is 0 Å². The molecule has 0 aromatic heterocycles. The van der Waals surface area contributed by atoms with E-state index in [4.69, 9.17) is 5.73 Å². The van der Waals surface area contributed by atoms with Crippen LogP contribution in [-0.2, 0) is 4.79 Å². The SMILES string of the molecule is CN(C)CCN(C(=O)CN)C1CCCCC1. The third kappa shape index (κ3) is 4.10. The zero-order valence-corrected chi connectivity index (χ0v) is 10.6. The van der Waals surface area contributed by atoms with E-state index < -0.39 is 0 Å². The average Bonchev–Trinajstić information content (AvgIpc) is 2.30. The lowest BCUT2D eigenvalue weighted by atomic mass is 9.94. The van der Waals surface area contributed by atoms with Gasteiger partial charge in [-0.15, -0.1) is 0 Å². The minimum absolute atomic E-state index is 0.105. The number of carbonyl (C=O) groups excluding carboxylic acids is 1. The van der Waals surface area contributed by atoms with Gasteiger partial charge in [0, 0.05) is 19.1 Å². The molecule has 0 spiro atoms. The highest BCUT2D eigenvalue weighted by Gasteiger charge is 2.24. The molecule has 0 bridgehead atoms. The van der Waals surface area contributed by atoms with E-state index in [1.807, 2.05) is 19.0 Å². The molecule has 2 N–H and O–H groups in total. The van der Waals surface area contributed by atoms with E-state index in [2.05, 4.69) is 4.90 Å². The summed E-state index contributed by atoms with van der Waals surface area (Å²) in [6, 6.07) is 0.435. The van der Waals surface area contributed by atoms with Crippen molar-refractivity contribution in [2.24, 2.45) is 5.73 Å². The molecule has 1 amide bonds. The highest BCUT2D eigenvalue weighted by atomic mass is 16.2. The minimum atomic E-state index is 0.105. The molecule has 94 valence electrons. The predicted molar refractivity (Wildman–Crippen MR) is 66.2 cm³/mol. The Bertz CT molecular complexity index is 212. The van der Waals surface area contributed by atoms with Gasteiger partial charge in [-0.25, -0.2) is 0 Å². The number of nitrogens with two attached hydrogens (primary N) is 1. The van der Waals surface area contributed by atoms with Gasteiger partial charge in [-0.3, -0.25) is 4.79 Å². The van der Waals surface area contributed by atoms with Crippen molar-refractivity contribution in [3.63, 3.8) is 0 Å². The number of likely N-dealkylation sites (N-methyl/N-ethyl adjacent to an activating group) is 1. The van der Waals surface area contributed by atoms with Crippen LogP contribution in [0.3, 0.4) is 0 Å². The maximum Gasteiger partial charge on any atom is 0.236 e. The van der Waals surface area contributed by atoms with E-state index in [0.717, 1.165) is 25.9 Å². The van der Waals surface area contributed by atoms with Gasteiger partial charge in [-0.2, -0.15) is 0 Å². The average molecular weight is 227 g/mol. The smallest absolute Gasteiger partial charge is 0.236 e. The van der Waals surface area contributed by atoms with Crippen molar-refractivity contribution in [1.29, 1.82) is 0 Å². The molecule has 1 fully saturated rings. The summed E-state index contributed by atoms with van der Waals surface area (Å²) in [6.07, 6.45) is 6.12. The van der Waals surface area contributed by atoms with Crippen LogP contribution >= 0.6 is 0 Å². The second-order valence-electron chi connectivity index (χ2n) is 4.89. The summed E-state index contributed by atoms with van der Waals surface area (Å²) in [4.78, 5) is 15.9. The molecule has 1 rings (SSSR count). The summed E-state index contributed by atoms with van der Waals surface area (Å²) in [6.45, 7) is 1.87. The fourth-order valence-electron chi connectivity index (χ4n) is 2.33. The number of hydrogen-bond donors (Lipinski definition) is 1. The van der Waals surface area contributed by atoms with Crippen LogP contribution in [0.4, 0.5) is 0 Å². The molecule has 1 aliphatic carbocycles. The maximum atomic E-state index is 11.8. The zero-order valence-electron chi connectivity index (χ0n) is 10.6. The van der Waals surface area contributed by atoms with Gasteiger partial charge < -0.3 is 15.5 Å². The Balaban J connectivity index is 2.51. The van der Waals surface area contributed by atoms with E-state index >= 15 is 0 Å². The molecule has 0 heterocycles. The lowest BCUT2D eigenvalue weighted by molar-refractivity contribution is -0.132. The van der Waals surface area contributed by atoms with Gasteiger partial charge in [0.1, 0.15) is 0 Å². The van der Waals surface area contributed by atoms with Crippen molar-refractivity contribution < 1.29 is 4.79 Å². The number of nitrogens with zero attached hydrogens (tertiary/aromatic N) is 2. The second-order valence-corrected chi connectivity index (χ2v) is 4.89. The molecule has 16 heavy (non-hydrogen) atoms. The monoisotopic (exact) mass is 227 g/mol. The van der Waals surface area contributed by atoms with Gasteiger partial charge in [-0.05, 0) is 26.9 Å². The number of carbonyl (C=O) groups is 1. The molecule has 4 heteroatoms. The Morgan fingerprint density at radius 1 is 1.19 bits per heavy atom. The first-order valence-electron chi connectivity index (χ1n) is 6.29. The first kappa shape index (κ1) is 13.5. The molecular formula is C12H25N3O. The first-order chi connectivity index (χ1) is 7.65. The van der Waals surface area contributed by atoms with Gasteiger partial charge in [-0.1, -0.05) is 19.3 Å². The summed E-state index contributed by atoms with van der Waals surface area (Å²) < 4.78 is 0. The van der Waals surface area contributed by atoms with Crippen molar-refractivity contribution in [3.05, 3.63) is 0 Å². The molecule has 0 aromatic carbocycles. The highest BCUT2D eigenvalue weighted by Crippen LogP contribution is 2.22. The van der Waals surface area contributed by atoms with Gasteiger partial charge >= 0.3 is 0 Å². The van der Waals surface area contributed by atoms with Gasteiger partial charge in [0.15, 0.2) is 0 Å². The summed E-state index contributed by atoms with van der Waals surface area (Å²) >= 11 is 0. The molecule has 0 atom stereocenters. The van der Waals surface area contributed by atoms with Crippen molar-refractivity contribution in [2.45, 2.75) is 38.1 Å². The quantitative estimate of drug-likeness (QED) is 0.751. The molecule has 0 saturated heterocycles. The highest BCUT2D eigenvalue weighted by molar-refractivity contribution is 5.78. The summed E-state index contributed by atoms with van der Waals surface area (Å²) in [5, 5.41) is 0. The number of hydrogen-bond acceptors (Lipinski definition) is 3. The Labute approximate surface area is 98.8 Å². The molecular weight excluding hydrogens is 202 g/mol. The normalized spacial score (nSPS) is 17.8. The largest absolute Gasteiger partial charge is 0.337 e. The zero-order chi connectivity index (χ0) is 12.0. The third-order valence-electron chi connectivity index (χ3n) is 3.30. The number of amides is 1. The van der Waals surface area contributed by atoms with Crippen molar-refractivity contribution >= 4 is 5.91 Å². The standard InChI is InChI=1S/C12H25N3O/c1-14(2)8-9-15(12(16)10-13)11-6-4-3-5-7-11/h11H,3-10,13H2,1-2H3. The van der Waals surface area contributed by atoms with Crippen molar-refractivity contribution in [2.75, 3.05) is 33.7 Å². The molecule has 1 aliphatic rings. The van der Waals surface area contributed by atoms with Crippen LogP contribution in [0.1, 0.15) is 32.1 Å². The van der Waals surface area contributed by atoms with Crippen molar-refractivity contribution in [1.82, 2.24) is 9.80 Å². The van der Waals surface area contributed by atoms with E-state index in [1.165, 1.54) is 19.3 Å². The fourth-order valence-corrected chi connectivity index (χ4v) is 2.33. The number of rotatable bonds is 5. The molecule has 0 aromatic rings. The first-order valence-corrected chi connectivity index (χ1v) is 6.29. The molecule has 4 nitrogen and oxygen atoms in total. The molecule has 0 aliphatic heterocycles. The molecule has 1 saturated carbocycles. The third-order valence-corrected chi connectivity index (χ3v) is 3.30. The van der Waals surface area contributed by atoms with Crippen LogP contribution in [0.15, 0.2) is 0 Å². The summed E-state index contributed by atoms with van der Waals surface area (Å²) in [5.74, 6) is 0.105. The molecule has 0 unspecified atom stereocenters. The Morgan fingerprint density at radius 3 is 2.31 bits per heavy atom. The Hall–Kier alpha value is -0.610. The van der Waals surface area contributed by atoms with Crippen LogP contribution in [-0.4, -0.2) is 55.5 Å². The van der Waals surface area contributed by atoms with E-state index in [9.17, 15) is 4.79 Å². The van der Waals surface area contributed by atoms with Crippen molar-refractivity contribution in [3.8, 4) is 0 Å². The van der Waals surface area contributed by atoms with Gasteiger partial charge in [0.2, 0.25) is 5.91 Å². The van der Waals surface area contributed by atoms with Crippen LogP contribution in [0.2, 0.25) is 0 Å². The van der Waals surface area contributed by atoms with Gasteiger partial charge in [0.05, 0.1) is 6.54 Å². The second kappa shape index (κ2) is 6.86. The summed E-state index contributed by atoms with van der Waals surface area (Å²) in [5.41, 5.74) is 5.48. The molecule has 0 radical (unpaired) electrons. The van der Waals surface area contributed by atoms with Crippen LogP contribution in [0, 0.1) is 0 Å². The van der Waals surface area contributed by atoms with E-state index in [-0.39, 0.29) is 12.5 Å². The summed E-state index contributed by atoms with van der Waals surface area (Å²) in [7, 11) is 4.07.